The average Bonchev–Trinajstić information content (AvgIpc) is 3.08. The summed E-state index contributed by atoms with van der Waals surface area (Å²) in [5.41, 5.74) is 6.08. The molecule has 2 aliphatic heterocycles. The maximum atomic E-state index is 5.69. The van der Waals surface area contributed by atoms with Crippen molar-refractivity contribution in [2.75, 3.05) is 27.4 Å². The van der Waals surface area contributed by atoms with Crippen LogP contribution in [-0.2, 0) is 19.3 Å². The van der Waals surface area contributed by atoms with Crippen LogP contribution in [0.5, 0.6) is 17.2 Å². The molecule has 2 heterocycles. The highest BCUT2D eigenvalue weighted by Crippen LogP contribution is 2.33. The molecule has 0 saturated heterocycles. The Kier molecular flexibility index (Phi) is 3.89. The van der Waals surface area contributed by atoms with Crippen LogP contribution in [0.4, 0.5) is 0 Å². The summed E-state index contributed by atoms with van der Waals surface area (Å²) in [6, 6.07) is 10.6. The fraction of sp³-hybridized carbons (Fsp3) is 0.350. The number of hydrogen-bond donors (Lipinski definition) is 0. The Morgan fingerprint density at radius 3 is 2.67 bits per heavy atom. The summed E-state index contributed by atoms with van der Waals surface area (Å²) < 4.78 is 16.6. The third-order valence-electron chi connectivity index (χ3n) is 4.74. The lowest BCUT2D eigenvalue weighted by molar-refractivity contribution is 0.354. The van der Waals surface area contributed by atoms with Gasteiger partial charge in [0.15, 0.2) is 11.5 Å². The molecule has 0 atom stereocenters. The molecule has 124 valence electrons. The second kappa shape index (κ2) is 6.19. The minimum absolute atomic E-state index is 0.753. The highest BCUT2D eigenvalue weighted by molar-refractivity contribution is 6.04. The Morgan fingerprint density at radius 1 is 1.00 bits per heavy atom. The van der Waals surface area contributed by atoms with E-state index in [-0.39, 0.29) is 0 Å². The SMILES string of the molecule is COc1cc2c(cc1OC)C(Cc1ccc3c(c1)OCC3)=NCC2. The van der Waals surface area contributed by atoms with Crippen LogP contribution in [-0.4, -0.2) is 33.1 Å². The van der Waals surface area contributed by atoms with Gasteiger partial charge in [-0.3, -0.25) is 4.99 Å². The molecule has 0 amide bonds. The second-order valence-electron chi connectivity index (χ2n) is 6.16. The van der Waals surface area contributed by atoms with Gasteiger partial charge in [0, 0.05) is 30.7 Å². The van der Waals surface area contributed by atoms with Crippen LogP contribution in [0.15, 0.2) is 35.3 Å². The van der Waals surface area contributed by atoms with E-state index in [2.05, 4.69) is 30.3 Å². The summed E-state index contributed by atoms with van der Waals surface area (Å²) in [7, 11) is 3.34. The van der Waals surface area contributed by atoms with E-state index in [1.54, 1.807) is 14.2 Å². The Morgan fingerprint density at radius 2 is 1.83 bits per heavy atom. The zero-order valence-corrected chi connectivity index (χ0v) is 14.1. The molecule has 4 nitrogen and oxygen atoms in total. The number of rotatable bonds is 4. The molecule has 0 aliphatic carbocycles. The first-order valence-electron chi connectivity index (χ1n) is 8.31. The third-order valence-corrected chi connectivity index (χ3v) is 4.74. The van der Waals surface area contributed by atoms with Crippen molar-refractivity contribution in [3.63, 3.8) is 0 Å². The van der Waals surface area contributed by atoms with Crippen LogP contribution < -0.4 is 14.2 Å². The quantitative estimate of drug-likeness (QED) is 0.867. The monoisotopic (exact) mass is 323 g/mol. The number of benzene rings is 2. The van der Waals surface area contributed by atoms with Crippen molar-refractivity contribution in [1.29, 1.82) is 0 Å². The molecule has 2 aliphatic rings. The highest BCUT2D eigenvalue weighted by atomic mass is 16.5. The van der Waals surface area contributed by atoms with Crippen molar-refractivity contribution in [3.8, 4) is 17.2 Å². The van der Waals surface area contributed by atoms with E-state index in [9.17, 15) is 0 Å². The van der Waals surface area contributed by atoms with Gasteiger partial charge in [0.1, 0.15) is 5.75 Å². The molecule has 24 heavy (non-hydrogen) atoms. The predicted octanol–water partition coefficient (Wildman–Crippen LogP) is 3.23. The lowest BCUT2D eigenvalue weighted by atomic mass is 9.92. The van der Waals surface area contributed by atoms with Gasteiger partial charge in [0.2, 0.25) is 0 Å². The number of hydrogen-bond acceptors (Lipinski definition) is 4. The number of methoxy groups -OCH3 is 2. The summed E-state index contributed by atoms with van der Waals surface area (Å²) in [6.45, 7) is 1.61. The first kappa shape index (κ1) is 15.1. The van der Waals surface area contributed by atoms with E-state index in [4.69, 9.17) is 19.2 Å². The van der Waals surface area contributed by atoms with Gasteiger partial charge in [-0.15, -0.1) is 0 Å². The molecule has 0 N–H and O–H groups in total. The molecule has 0 spiro atoms. The molecule has 0 fully saturated rings. The summed E-state index contributed by atoms with van der Waals surface area (Å²) in [6.07, 6.45) is 2.75. The normalized spacial score (nSPS) is 15.2. The lowest BCUT2D eigenvalue weighted by Gasteiger charge is -2.20. The molecular formula is C20H21NO3. The van der Waals surface area contributed by atoms with Crippen LogP contribution in [0.3, 0.4) is 0 Å². The Labute approximate surface area is 142 Å². The van der Waals surface area contributed by atoms with Gasteiger partial charge >= 0.3 is 0 Å². The Bertz CT molecular complexity index is 811. The minimum atomic E-state index is 0.753. The topological polar surface area (TPSA) is 40.0 Å². The fourth-order valence-electron chi connectivity index (χ4n) is 3.46. The van der Waals surface area contributed by atoms with Gasteiger partial charge in [0.05, 0.1) is 20.8 Å². The van der Waals surface area contributed by atoms with Crippen LogP contribution in [0, 0.1) is 0 Å². The van der Waals surface area contributed by atoms with E-state index in [0.717, 1.165) is 55.4 Å². The molecule has 2 aromatic carbocycles. The smallest absolute Gasteiger partial charge is 0.161 e. The maximum Gasteiger partial charge on any atom is 0.161 e. The first-order valence-corrected chi connectivity index (χ1v) is 8.31. The summed E-state index contributed by atoms with van der Waals surface area (Å²) in [5, 5.41) is 0. The molecule has 0 unspecified atom stereocenters. The molecule has 4 heteroatoms. The molecule has 0 aromatic heterocycles. The minimum Gasteiger partial charge on any atom is -0.493 e. The van der Waals surface area contributed by atoms with Crippen molar-refractivity contribution in [3.05, 3.63) is 52.6 Å². The standard InChI is InChI=1S/C20H21NO3/c1-22-19-11-15-5-7-21-17(16(15)12-20(19)23-2)9-13-3-4-14-6-8-24-18(14)10-13/h3-4,10-12H,5-9H2,1-2H3. The average molecular weight is 323 g/mol. The van der Waals surface area contributed by atoms with E-state index < -0.39 is 0 Å². The van der Waals surface area contributed by atoms with Gasteiger partial charge in [0.25, 0.3) is 0 Å². The zero-order valence-electron chi connectivity index (χ0n) is 14.1. The summed E-state index contributed by atoms with van der Waals surface area (Å²) >= 11 is 0. The van der Waals surface area contributed by atoms with Crippen molar-refractivity contribution >= 4 is 5.71 Å². The fourth-order valence-corrected chi connectivity index (χ4v) is 3.46. The van der Waals surface area contributed by atoms with Crippen molar-refractivity contribution in [2.45, 2.75) is 19.3 Å². The lowest BCUT2D eigenvalue weighted by Crippen LogP contribution is -2.16. The molecule has 0 saturated carbocycles. The Hall–Kier alpha value is -2.49. The number of aliphatic imine (C=N–C) groups is 1. The molecule has 0 radical (unpaired) electrons. The van der Waals surface area contributed by atoms with E-state index in [1.165, 1.54) is 22.3 Å². The van der Waals surface area contributed by atoms with Crippen molar-refractivity contribution in [1.82, 2.24) is 0 Å². The number of ether oxygens (including phenoxy) is 3. The maximum absolute atomic E-state index is 5.69. The van der Waals surface area contributed by atoms with E-state index in [0.29, 0.717) is 0 Å². The molecule has 0 bridgehead atoms. The highest BCUT2D eigenvalue weighted by Gasteiger charge is 2.19. The summed E-state index contributed by atoms with van der Waals surface area (Å²) in [4.78, 5) is 4.77. The van der Waals surface area contributed by atoms with Crippen molar-refractivity contribution in [2.24, 2.45) is 4.99 Å². The number of nitrogens with zero attached hydrogens (tertiary/aromatic N) is 1. The third kappa shape index (κ3) is 2.62. The zero-order chi connectivity index (χ0) is 16.5. The Balaban J connectivity index is 1.67. The van der Waals surface area contributed by atoms with Gasteiger partial charge in [-0.1, -0.05) is 12.1 Å². The van der Waals surface area contributed by atoms with Crippen molar-refractivity contribution < 1.29 is 14.2 Å². The van der Waals surface area contributed by atoms with Crippen LogP contribution in [0.1, 0.15) is 22.3 Å². The van der Waals surface area contributed by atoms with Gasteiger partial charge in [-0.05, 0) is 41.3 Å². The van der Waals surface area contributed by atoms with Crippen LogP contribution in [0.25, 0.3) is 0 Å². The van der Waals surface area contributed by atoms with Crippen LogP contribution in [0.2, 0.25) is 0 Å². The predicted molar refractivity (Wildman–Crippen MR) is 94.0 cm³/mol. The van der Waals surface area contributed by atoms with E-state index in [1.807, 2.05) is 0 Å². The van der Waals surface area contributed by atoms with E-state index >= 15 is 0 Å². The molecule has 4 rings (SSSR count). The van der Waals surface area contributed by atoms with Crippen LogP contribution >= 0.6 is 0 Å². The second-order valence-corrected chi connectivity index (χ2v) is 6.16. The van der Waals surface area contributed by atoms with Gasteiger partial charge in [-0.2, -0.15) is 0 Å². The van der Waals surface area contributed by atoms with Gasteiger partial charge < -0.3 is 14.2 Å². The van der Waals surface area contributed by atoms with Gasteiger partial charge in [-0.25, -0.2) is 0 Å². The summed E-state index contributed by atoms with van der Waals surface area (Å²) in [5.74, 6) is 2.56. The first-order chi connectivity index (χ1) is 11.8. The molecule has 2 aromatic rings. The number of fused-ring (bicyclic) bond motifs is 2. The largest absolute Gasteiger partial charge is 0.493 e. The molecular weight excluding hydrogens is 302 g/mol.